The van der Waals surface area contributed by atoms with Crippen molar-refractivity contribution >= 4 is 21.8 Å². The number of aryl methyl sites for hydroxylation is 1. The first-order chi connectivity index (χ1) is 8.00. The molecule has 0 aromatic heterocycles. The largest absolute Gasteiger partial charge is 0.352 e. The summed E-state index contributed by atoms with van der Waals surface area (Å²) in [7, 11) is 0. The highest BCUT2D eigenvalue weighted by molar-refractivity contribution is 9.09. The molecule has 4 heteroatoms. The lowest BCUT2D eigenvalue weighted by molar-refractivity contribution is 0.0952. The summed E-state index contributed by atoms with van der Waals surface area (Å²) in [5.74, 6) is -0.584. The SMILES string of the molecule is Cc1ccc(F)cc1C(=O)NCCCC(C)Br. The van der Waals surface area contributed by atoms with Gasteiger partial charge in [0.25, 0.3) is 5.91 Å². The highest BCUT2D eigenvalue weighted by atomic mass is 79.9. The van der Waals surface area contributed by atoms with Gasteiger partial charge in [0, 0.05) is 16.9 Å². The Bertz CT molecular complexity index is 393. The summed E-state index contributed by atoms with van der Waals surface area (Å²) in [4.78, 5) is 12.2. The third-order valence-electron chi connectivity index (χ3n) is 2.51. The van der Waals surface area contributed by atoms with Gasteiger partial charge < -0.3 is 5.32 Å². The van der Waals surface area contributed by atoms with Crippen LogP contribution in [0, 0.1) is 12.7 Å². The van der Waals surface area contributed by atoms with Gasteiger partial charge in [-0.3, -0.25) is 4.79 Å². The van der Waals surface area contributed by atoms with Crippen LogP contribution < -0.4 is 5.32 Å². The van der Waals surface area contributed by atoms with Crippen LogP contribution in [0.1, 0.15) is 35.7 Å². The van der Waals surface area contributed by atoms with Gasteiger partial charge in [0.2, 0.25) is 0 Å². The maximum atomic E-state index is 13.0. The summed E-state index contributed by atoms with van der Waals surface area (Å²) in [6, 6.07) is 4.25. The number of carbonyl (C=O) groups excluding carboxylic acids is 1. The molecule has 0 saturated carbocycles. The van der Waals surface area contributed by atoms with Crippen molar-refractivity contribution in [2.45, 2.75) is 31.5 Å². The minimum absolute atomic E-state index is 0.204. The second-order valence-electron chi connectivity index (χ2n) is 4.14. The van der Waals surface area contributed by atoms with E-state index in [-0.39, 0.29) is 11.7 Å². The van der Waals surface area contributed by atoms with Gasteiger partial charge in [0.15, 0.2) is 0 Å². The Morgan fingerprint density at radius 2 is 2.24 bits per heavy atom. The molecule has 94 valence electrons. The molecule has 0 fully saturated rings. The number of alkyl halides is 1. The van der Waals surface area contributed by atoms with E-state index in [9.17, 15) is 9.18 Å². The standard InChI is InChI=1S/C13H17BrFNO/c1-9-5-6-11(15)8-12(9)13(17)16-7-3-4-10(2)14/h5-6,8,10H,3-4,7H2,1-2H3,(H,16,17). The molecule has 2 nitrogen and oxygen atoms in total. The molecule has 0 radical (unpaired) electrons. The van der Waals surface area contributed by atoms with E-state index >= 15 is 0 Å². The van der Waals surface area contributed by atoms with E-state index in [0.29, 0.717) is 16.9 Å². The quantitative estimate of drug-likeness (QED) is 0.655. The molecule has 17 heavy (non-hydrogen) atoms. The van der Waals surface area contributed by atoms with Gasteiger partial charge in [0.1, 0.15) is 5.82 Å². The molecule has 1 amide bonds. The van der Waals surface area contributed by atoms with Crippen LogP contribution in [0.2, 0.25) is 0 Å². The Hall–Kier alpha value is -0.900. The average molecular weight is 302 g/mol. The summed E-state index contributed by atoms with van der Waals surface area (Å²) in [6.45, 7) is 4.48. The fourth-order valence-electron chi connectivity index (χ4n) is 1.52. The van der Waals surface area contributed by atoms with Crippen LogP contribution in [0.25, 0.3) is 0 Å². The summed E-state index contributed by atoms with van der Waals surface area (Å²) in [5, 5.41) is 2.80. The van der Waals surface area contributed by atoms with E-state index in [0.717, 1.165) is 18.4 Å². The van der Waals surface area contributed by atoms with E-state index in [1.807, 2.05) is 0 Å². The van der Waals surface area contributed by atoms with Crippen molar-refractivity contribution in [3.63, 3.8) is 0 Å². The van der Waals surface area contributed by atoms with Crippen molar-refractivity contribution < 1.29 is 9.18 Å². The summed E-state index contributed by atoms with van der Waals surface area (Å²) in [5.41, 5.74) is 1.20. The molecule has 0 aliphatic heterocycles. The topological polar surface area (TPSA) is 29.1 Å². The molecule has 0 aliphatic rings. The lowest BCUT2D eigenvalue weighted by atomic mass is 10.1. The number of nitrogens with one attached hydrogen (secondary N) is 1. The molecule has 1 N–H and O–H groups in total. The van der Waals surface area contributed by atoms with Crippen LogP contribution in [0.15, 0.2) is 18.2 Å². The second kappa shape index (κ2) is 6.74. The van der Waals surface area contributed by atoms with E-state index in [4.69, 9.17) is 0 Å². The summed E-state index contributed by atoms with van der Waals surface area (Å²) in [6.07, 6.45) is 1.91. The molecule has 1 rings (SSSR count). The molecular formula is C13H17BrFNO. The Kier molecular flexibility index (Phi) is 5.62. The minimum atomic E-state index is -0.380. The molecule has 0 heterocycles. The molecule has 1 aromatic carbocycles. The molecule has 1 atom stereocenters. The monoisotopic (exact) mass is 301 g/mol. The van der Waals surface area contributed by atoms with Crippen molar-refractivity contribution in [2.24, 2.45) is 0 Å². The van der Waals surface area contributed by atoms with Gasteiger partial charge in [-0.25, -0.2) is 4.39 Å². The van der Waals surface area contributed by atoms with Gasteiger partial charge in [-0.2, -0.15) is 0 Å². The zero-order valence-corrected chi connectivity index (χ0v) is 11.7. The average Bonchev–Trinajstić information content (AvgIpc) is 2.27. The fraction of sp³-hybridized carbons (Fsp3) is 0.462. The Morgan fingerprint density at radius 3 is 2.88 bits per heavy atom. The number of hydrogen-bond acceptors (Lipinski definition) is 1. The van der Waals surface area contributed by atoms with Crippen molar-refractivity contribution in [3.8, 4) is 0 Å². The predicted octanol–water partition coefficient (Wildman–Crippen LogP) is 3.43. The lowest BCUT2D eigenvalue weighted by Gasteiger charge is -2.08. The molecule has 0 saturated heterocycles. The van der Waals surface area contributed by atoms with Crippen LogP contribution in [-0.4, -0.2) is 17.3 Å². The minimum Gasteiger partial charge on any atom is -0.352 e. The van der Waals surface area contributed by atoms with Gasteiger partial charge in [0.05, 0.1) is 0 Å². The molecule has 0 spiro atoms. The molecule has 1 aromatic rings. The van der Waals surface area contributed by atoms with Gasteiger partial charge >= 0.3 is 0 Å². The van der Waals surface area contributed by atoms with Crippen molar-refractivity contribution in [2.75, 3.05) is 6.54 Å². The number of rotatable bonds is 5. The Balaban J connectivity index is 2.49. The maximum Gasteiger partial charge on any atom is 0.251 e. The molecule has 1 unspecified atom stereocenters. The van der Waals surface area contributed by atoms with E-state index in [1.165, 1.54) is 12.1 Å². The van der Waals surface area contributed by atoms with Crippen molar-refractivity contribution in [3.05, 3.63) is 35.1 Å². The van der Waals surface area contributed by atoms with Crippen molar-refractivity contribution in [1.82, 2.24) is 5.32 Å². The first kappa shape index (κ1) is 14.2. The highest BCUT2D eigenvalue weighted by Gasteiger charge is 2.09. The van der Waals surface area contributed by atoms with Crippen LogP contribution in [0.3, 0.4) is 0 Å². The fourth-order valence-corrected chi connectivity index (χ4v) is 1.84. The predicted molar refractivity (Wildman–Crippen MR) is 71.1 cm³/mol. The number of hydrogen-bond donors (Lipinski definition) is 1. The first-order valence-corrected chi connectivity index (χ1v) is 6.60. The summed E-state index contributed by atoms with van der Waals surface area (Å²) >= 11 is 3.45. The molecule has 0 bridgehead atoms. The lowest BCUT2D eigenvalue weighted by Crippen LogP contribution is -2.25. The van der Waals surface area contributed by atoms with Crippen LogP contribution in [0.4, 0.5) is 4.39 Å². The third-order valence-corrected chi connectivity index (χ3v) is 2.97. The molecular weight excluding hydrogens is 285 g/mol. The Labute approximate surface area is 110 Å². The van der Waals surface area contributed by atoms with Crippen LogP contribution >= 0.6 is 15.9 Å². The smallest absolute Gasteiger partial charge is 0.251 e. The number of carbonyl (C=O) groups is 1. The van der Waals surface area contributed by atoms with Crippen LogP contribution in [0.5, 0.6) is 0 Å². The van der Waals surface area contributed by atoms with Crippen molar-refractivity contribution in [1.29, 1.82) is 0 Å². The third kappa shape index (κ3) is 4.86. The van der Waals surface area contributed by atoms with Crippen LogP contribution in [-0.2, 0) is 0 Å². The normalized spacial score (nSPS) is 12.2. The van der Waals surface area contributed by atoms with E-state index in [2.05, 4.69) is 28.2 Å². The Morgan fingerprint density at radius 1 is 1.53 bits per heavy atom. The maximum absolute atomic E-state index is 13.0. The number of halogens is 2. The number of amides is 1. The number of benzene rings is 1. The second-order valence-corrected chi connectivity index (χ2v) is 5.70. The zero-order valence-electron chi connectivity index (χ0n) is 10.1. The van der Waals surface area contributed by atoms with E-state index < -0.39 is 0 Å². The zero-order chi connectivity index (χ0) is 12.8. The van der Waals surface area contributed by atoms with Gasteiger partial charge in [-0.15, -0.1) is 0 Å². The van der Waals surface area contributed by atoms with E-state index in [1.54, 1.807) is 13.0 Å². The summed E-state index contributed by atoms with van der Waals surface area (Å²) < 4.78 is 13.0. The van der Waals surface area contributed by atoms with Gasteiger partial charge in [-0.05, 0) is 37.5 Å². The first-order valence-electron chi connectivity index (χ1n) is 5.69. The van der Waals surface area contributed by atoms with Gasteiger partial charge in [-0.1, -0.05) is 28.9 Å². The molecule has 0 aliphatic carbocycles. The highest BCUT2D eigenvalue weighted by Crippen LogP contribution is 2.10.